The second kappa shape index (κ2) is 2.38. The van der Waals surface area contributed by atoms with Gasteiger partial charge in [-0.15, -0.1) is 0 Å². The lowest BCUT2D eigenvalue weighted by Crippen LogP contribution is -1.73. The Hall–Kier alpha value is -1.31. The molecule has 0 aromatic carbocycles. The molecule has 11 heavy (non-hydrogen) atoms. The highest BCUT2D eigenvalue weighted by Crippen LogP contribution is 2.13. The maximum atomic E-state index is 4.32. The summed E-state index contributed by atoms with van der Waals surface area (Å²) in [6.45, 7) is 1.97. The number of aromatic nitrogens is 2. The fraction of sp³-hybridized carbons (Fsp3) is 0.222. The first-order valence-corrected chi connectivity index (χ1v) is 3.76. The number of hydrogen-bond donors (Lipinski definition) is 1. The SMILES string of the molecule is Cc1nc2c([nH]1)C=CCC=C2.[HH]. The second-order valence-electron chi connectivity index (χ2n) is 2.66. The average Bonchev–Trinajstić information content (AvgIpc) is 2.17. The Morgan fingerprint density at radius 3 is 3.18 bits per heavy atom. The lowest BCUT2D eigenvalue weighted by atomic mass is 10.3. The number of aryl methyl sites for hydroxylation is 1. The third kappa shape index (κ3) is 1.11. The van der Waals surface area contributed by atoms with Crippen LogP contribution in [0.4, 0.5) is 0 Å². The van der Waals surface area contributed by atoms with Gasteiger partial charge in [0, 0.05) is 1.43 Å². The lowest BCUT2D eigenvalue weighted by Gasteiger charge is -1.84. The summed E-state index contributed by atoms with van der Waals surface area (Å²) in [5.74, 6) is 0.978. The molecule has 0 radical (unpaired) electrons. The number of nitrogens with one attached hydrogen (secondary N) is 1. The van der Waals surface area contributed by atoms with Crippen LogP contribution in [0.2, 0.25) is 0 Å². The van der Waals surface area contributed by atoms with Gasteiger partial charge in [0.25, 0.3) is 0 Å². The van der Waals surface area contributed by atoms with E-state index in [1.807, 2.05) is 6.92 Å². The van der Waals surface area contributed by atoms with E-state index in [-0.39, 0.29) is 1.43 Å². The van der Waals surface area contributed by atoms with E-state index in [2.05, 4.69) is 34.3 Å². The van der Waals surface area contributed by atoms with Gasteiger partial charge in [-0.05, 0) is 25.5 Å². The smallest absolute Gasteiger partial charge is 0.104 e. The molecule has 0 amide bonds. The van der Waals surface area contributed by atoms with Crippen LogP contribution in [0.25, 0.3) is 12.2 Å². The maximum Gasteiger partial charge on any atom is 0.104 e. The minimum Gasteiger partial charge on any atom is -0.342 e. The quantitative estimate of drug-likeness (QED) is 0.601. The van der Waals surface area contributed by atoms with Gasteiger partial charge in [-0.2, -0.15) is 0 Å². The van der Waals surface area contributed by atoms with Crippen LogP contribution in [-0.4, -0.2) is 9.97 Å². The molecular weight excluding hydrogens is 136 g/mol. The highest BCUT2D eigenvalue weighted by Gasteiger charge is 2.02. The van der Waals surface area contributed by atoms with Gasteiger partial charge in [0.1, 0.15) is 5.82 Å². The standard InChI is InChI=1S/C9H10N2.H2/c1-7-10-8-5-3-2-4-6-9(8)11-7;/h3-6H,2H2,1H3,(H,10,11);1H. The largest absolute Gasteiger partial charge is 0.342 e. The van der Waals surface area contributed by atoms with Gasteiger partial charge in [-0.3, -0.25) is 0 Å². The summed E-state index contributed by atoms with van der Waals surface area (Å²) in [4.78, 5) is 7.50. The molecule has 0 unspecified atom stereocenters. The predicted molar refractivity (Wildman–Crippen MR) is 48.1 cm³/mol. The van der Waals surface area contributed by atoms with Crippen molar-refractivity contribution in [2.45, 2.75) is 13.3 Å². The number of rotatable bonds is 0. The summed E-state index contributed by atoms with van der Waals surface area (Å²) in [5.41, 5.74) is 2.17. The molecule has 0 atom stereocenters. The number of fused-ring (bicyclic) bond motifs is 1. The van der Waals surface area contributed by atoms with Gasteiger partial charge in [0.2, 0.25) is 0 Å². The molecule has 2 nitrogen and oxygen atoms in total. The zero-order valence-electron chi connectivity index (χ0n) is 6.46. The Balaban J connectivity index is 0.000000720. The molecule has 58 valence electrons. The molecule has 0 saturated carbocycles. The van der Waals surface area contributed by atoms with Crippen molar-refractivity contribution in [2.24, 2.45) is 0 Å². The van der Waals surface area contributed by atoms with Crippen LogP contribution in [0, 0.1) is 6.92 Å². The molecule has 1 N–H and O–H groups in total. The van der Waals surface area contributed by atoms with E-state index in [1.165, 1.54) is 0 Å². The summed E-state index contributed by atoms with van der Waals surface area (Å²) < 4.78 is 0. The number of allylic oxidation sites excluding steroid dienone is 2. The predicted octanol–water partition coefficient (Wildman–Crippen LogP) is 2.39. The third-order valence-electron chi connectivity index (χ3n) is 1.71. The highest BCUT2D eigenvalue weighted by atomic mass is 14.9. The fourth-order valence-corrected chi connectivity index (χ4v) is 1.23. The van der Waals surface area contributed by atoms with Crippen molar-refractivity contribution >= 4 is 12.2 Å². The Bertz CT molecular complexity index is 294. The van der Waals surface area contributed by atoms with E-state index in [1.54, 1.807) is 0 Å². The van der Waals surface area contributed by atoms with Crippen LogP contribution in [-0.2, 0) is 0 Å². The Morgan fingerprint density at radius 1 is 1.45 bits per heavy atom. The van der Waals surface area contributed by atoms with Gasteiger partial charge in [0.05, 0.1) is 11.4 Å². The average molecular weight is 148 g/mol. The summed E-state index contributed by atoms with van der Waals surface area (Å²) in [6.07, 6.45) is 9.37. The summed E-state index contributed by atoms with van der Waals surface area (Å²) in [7, 11) is 0. The molecule has 0 fully saturated rings. The highest BCUT2D eigenvalue weighted by molar-refractivity contribution is 5.62. The first kappa shape index (κ1) is 6.40. The number of H-pyrrole nitrogens is 1. The van der Waals surface area contributed by atoms with Crippen molar-refractivity contribution in [3.63, 3.8) is 0 Å². The van der Waals surface area contributed by atoms with E-state index < -0.39 is 0 Å². The maximum absolute atomic E-state index is 4.32. The molecule has 2 heteroatoms. The number of nitrogens with zero attached hydrogens (tertiary/aromatic N) is 1. The van der Waals surface area contributed by atoms with Crippen molar-refractivity contribution in [2.75, 3.05) is 0 Å². The van der Waals surface area contributed by atoms with Crippen LogP contribution >= 0.6 is 0 Å². The molecule has 1 aromatic heterocycles. The first-order valence-electron chi connectivity index (χ1n) is 3.76. The third-order valence-corrected chi connectivity index (χ3v) is 1.71. The van der Waals surface area contributed by atoms with E-state index >= 15 is 0 Å². The molecule has 1 aromatic rings. The van der Waals surface area contributed by atoms with Gasteiger partial charge >= 0.3 is 0 Å². The molecule has 1 aliphatic rings. The second-order valence-corrected chi connectivity index (χ2v) is 2.66. The molecule has 1 aliphatic carbocycles. The van der Waals surface area contributed by atoms with Gasteiger partial charge < -0.3 is 4.98 Å². The molecule has 0 spiro atoms. The molecule has 2 rings (SSSR count). The number of hydrogen-bond acceptors (Lipinski definition) is 1. The molecule has 0 bridgehead atoms. The van der Waals surface area contributed by atoms with Crippen LogP contribution in [0.5, 0.6) is 0 Å². The molecular formula is C9H12N2. The zero-order valence-corrected chi connectivity index (χ0v) is 6.46. The van der Waals surface area contributed by atoms with Gasteiger partial charge in [0.15, 0.2) is 0 Å². The van der Waals surface area contributed by atoms with Crippen molar-refractivity contribution in [3.05, 3.63) is 29.4 Å². The summed E-state index contributed by atoms with van der Waals surface area (Å²) in [6, 6.07) is 0. The van der Waals surface area contributed by atoms with E-state index in [4.69, 9.17) is 0 Å². The van der Waals surface area contributed by atoms with Crippen molar-refractivity contribution in [1.82, 2.24) is 9.97 Å². The van der Waals surface area contributed by atoms with Crippen LogP contribution in [0.1, 0.15) is 25.1 Å². The lowest BCUT2D eigenvalue weighted by molar-refractivity contribution is 1.14. The topological polar surface area (TPSA) is 28.7 Å². The van der Waals surface area contributed by atoms with Crippen LogP contribution in [0.15, 0.2) is 12.2 Å². The van der Waals surface area contributed by atoms with E-state index in [0.29, 0.717) is 0 Å². The van der Waals surface area contributed by atoms with Crippen molar-refractivity contribution in [1.29, 1.82) is 0 Å². The minimum absolute atomic E-state index is 0. The van der Waals surface area contributed by atoms with Crippen LogP contribution < -0.4 is 0 Å². The minimum atomic E-state index is 0. The number of imidazole rings is 1. The monoisotopic (exact) mass is 148 g/mol. The Kier molecular flexibility index (Phi) is 1.39. The van der Waals surface area contributed by atoms with E-state index in [9.17, 15) is 0 Å². The van der Waals surface area contributed by atoms with Gasteiger partial charge in [-0.1, -0.05) is 12.2 Å². The zero-order chi connectivity index (χ0) is 7.68. The number of aromatic amines is 1. The summed E-state index contributed by atoms with van der Waals surface area (Å²) >= 11 is 0. The van der Waals surface area contributed by atoms with E-state index in [0.717, 1.165) is 23.6 Å². The molecule has 0 aliphatic heterocycles. The summed E-state index contributed by atoms with van der Waals surface area (Å²) in [5, 5.41) is 0. The fourth-order valence-electron chi connectivity index (χ4n) is 1.23. The Labute approximate surface area is 67.1 Å². The normalized spacial score (nSPS) is 14.6. The van der Waals surface area contributed by atoms with Crippen LogP contribution in [0.3, 0.4) is 0 Å². The molecule has 1 heterocycles. The molecule has 0 saturated heterocycles. The van der Waals surface area contributed by atoms with Gasteiger partial charge in [-0.25, -0.2) is 4.98 Å². The first-order chi connectivity index (χ1) is 5.36. The van der Waals surface area contributed by atoms with Crippen molar-refractivity contribution in [3.8, 4) is 0 Å². The van der Waals surface area contributed by atoms with Crippen molar-refractivity contribution < 1.29 is 1.43 Å². The Morgan fingerprint density at radius 2 is 2.27 bits per heavy atom.